The van der Waals surface area contributed by atoms with Gasteiger partial charge in [-0.15, -0.1) is 0 Å². The number of rotatable bonds is 5. The van der Waals surface area contributed by atoms with Crippen molar-refractivity contribution < 1.29 is 18.0 Å². The zero-order valence-electron chi connectivity index (χ0n) is 14.9. The quantitative estimate of drug-likeness (QED) is 0.819. The zero-order valence-corrected chi connectivity index (χ0v) is 15.8. The van der Waals surface area contributed by atoms with Crippen LogP contribution >= 0.6 is 0 Å². The molecule has 0 radical (unpaired) electrons. The van der Waals surface area contributed by atoms with Crippen molar-refractivity contribution in [3.63, 3.8) is 0 Å². The smallest absolute Gasteiger partial charge is 0.255 e. The minimum atomic E-state index is -3.61. The molecule has 0 aromatic heterocycles. The van der Waals surface area contributed by atoms with Crippen LogP contribution in [0.1, 0.15) is 39.1 Å². The summed E-state index contributed by atoms with van der Waals surface area (Å²) in [7, 11) is -3.61. The lowest BCUT2D eigenvalue weighted by atomic mass is 10.1. The number of sulfonamides is 1. The fourth-order valence-corrected chi connectivity index (χ4v) is 4.58. The number of carbonyl (C=O) groups excluding carboxylic acids is 2. The first-order valence-corrected chi connectivity index (χ1v) is 10.0. The van der Waals surface area contributed by atoms with Crippen molar-refractivity contribution >= 4 is 27.5 Å². The molecule has 0 unspecified atom stereocenters. The molecule has 0 spiro atoms. The molecule has 27 heavy (non-hydrogen) atoms. The minimum absolute atomic E-state index is 0.103. The fraction of sp³-hybridized carbons (Fsp3) is 0.263. The van der Waals surface area contributed by atoms with E-state index in [9.17, 15) is 18.0 Å². The summed E-state index contributed by atoms with van der Waals surface area (Å²) in [6, 6.07) is 10.8. The Bertz CT molecular complexity index is 996. The van der Waals surface area contributed by atoms with Gasteiger partial charge in [-0.25, -0.2) is 8.42 Å². The zero-order chi connectivity index (χ0) is 19.6. The third-order valence-corrected chi connectivity index (χ3v) is 6.46. The first kappa shape index (κ1) is 19.1. The van der Waals surface area contributed by atoms with Crippen LogP contribution in [0.3, 0.4) is 0 Å². The first-order valence-electron chi connectivity index (χ1n) is 8.61. The average Bonchev–Trinajstić information content (AvgIpc) is 3.17. The summed E-state index contributed by atoms with van der Waals surface area (Å²) in [6.45, 7) is 2.73. The molecule has 0 bridgehead atoms. The molecule has 8 heteroatoms. The Morgan fingerprint density at radius 2 is 1.78 bits per heavy atom. The molecule has 1 saturated heterocycles. The van der Waals surface area contributed by atoms with Gasteiger partial charge in [-0.3, -0.25) is 9.59 Å². The molecular weight excluding hydrogens is 366 g/mol. The third kappa shape index (κ3) is 4.01. The first-order chi connectivity index (χ1) is 12.8. The van der Waals surface area contributed by atoms with Gasteiger partial charge < -0.3 is 11.1 Å². The molecule has 0 saturated carbocycles. The highest BCUT2D eigenvalue weighted by molar-refractivity contribution is 7.89. The lowest BCUT2D eigenvalue weighted by Crippen LogP contribution is -2.28. The summed E-state index contributed by atoms with van der Waals surface area (Å²) in [5.41, 5.74) is 6.85. The Labute approximate surface area is 158 Å². The van der Waals surface area contributed by atoms with Crippen molar-refractivity contribution in [1.29, 1.82) is 0 Å². The second-order valence-corrected chi connectivity index (χ2v) is 8.43. The molecule has 1 fully saturated rings. The van der Waals surface area contributed by atoms with Crippen LogP contribution in [0.5, 0.6) is 0 Å². The topological polar surface area (TPSA) is 110 Å². The summed E-state index contributed by atoms with van der Waals surface area (Å²) in [5.74, 6) is -1.05. The molecule has 142 valence electrons. The molecule has 3 rings (SSSR count). The Morgan fingerprint density at radius 1 is 1.07 bits per heavy atom. The molecule has 1 aliphatic rings. The van der Waals surface area contributed by atoms with Gasteiger partial charge in [0.15, 0.2) is 0 Å². The highest BCUT2D eigenvalue weighted by atomic mass is 32.2. The molecule has 1 aliphatic heterocycles. The van der Waals surface area contributed by atoms with Crippen molar-refractivity contribution in [2.75, 3.05) is 18.4 Å². The van der Waals surface area contributed by atoms with Crippen LogP contribution in [0.4, 0.5) is 5.69 Å². The van der Waals surface area contributed by atoms with Gasteiger partial charge in [-0.1, -0.05) is 12.1 Å². The molecule has 1 heterocycles. The molecule has 2 amide bonds. The van der Waals surface area contributed by atoms with Crippen LogP contribution < -0.4 is 11.1 Å². The lowest BCUT2D eigenvalue weighted by molar-refractivity contribution is 0.0996. The summed E-state index contributed by atoms with van der Waals surface area (Å²) < 4.78 is 26.9. The minimum Gasteiger partial charge on any atom is -0.366 e. The van der Waals surface area contributed by atoms with E-state index >= 15 is 0 Å². The van der Waals surface area contributed by atoms with E-state index in [-0.39, 0.29) is 16.0 Å². The lowest BCUT2D eigenvalue weighted by Gasteiger charge is -2.17. The normalized spacial score (nSPS) is 14.9. The monoisotopic (exact) mass is 387 g/mol. The number of anilines is 1. The maximum Gasteiger partial charge on any atom is 0.255 e. The van der Waals surface area contributed by atoms with Gasteiger partial charge in [0.2, 0.25) is 15.9 Å². The van der Waals surface area contributed by atoms with E-state index in [2.05, 4.69) is 5.32 Å². The Kier molecular flexibility index (Phi) is 5.29. The maximum absolute atomic E-state index is 12.7. The van der Waals surface area contributed by atoms with Gasteiger partial charge in [0.25, 0.3) is 5.91 Å². The van der Waals surface area contributed by atoms with Crippen molar-refractivity contribution in [3.05, 3.63) is 59.2 Å². The number of primary amides is 1. The number of nitrogens with zero attached hydrogens (tertiary/aromatic N) is 1. The van der Waals surface area contributed by atoms with Crippen LogP contribution in [0, 0.1) is 6.92 Å². The van der Waals surface area contributed by atoms with Crippen LogP contribution in [0.2, 0.25) is 0 Å². The van der Waals surface area contributed by atoms with E-state index in [1.807, 2.05) is 0 Å². The van der Waals surface area contributed by atoms with Gasteiger partial charge in [0.05, 0.1) is 4.90 Å². The van der Waals surface area contributed by atoms with E-state index in [1.165, 1.54) is 22.5 Å². The number of benzene rings is 2. The molecule has 3 N–H and O–H groups in total. The second-order valence-electron chi connectivity index (χ2n) is 6.49. The highest BCUT2D eigenvalue weighted by Crippen LogP contribution is 2.23. The van der Waals surface area contributed by atoms with Crippen molar-refractivity contribution in [2.24, 2.45) is 5.73 Å². The number of nitrogens with one attached hydrogen (secondary N) is 1. The summed E-state index contributed by atoms with van der Waals surface area (Å²) in [5, 5.41) is 2.69. The third-order valence-electron chi connectivity index (χ3n) is 4.56. The van der Waals surface area contributed by atoms with Gasteiger partial charge >= 0.3 is 0 Å². The van der Waals surface area contributed by atoms with E-state index in [4.69, 9.17) is 5.73 Å². The van der Waals surface area contributed by atoms with E-state index in [0.29, 0.717) is 24.3 Å². The number of aryl methyl sites for hydroxylation is 1. The largest absolute Gasteiger partial charge is 0.366 e. The predicted molar refractivity (Wildman–Crippen MR) is 102 cm³/mol. The van der Waals surface area contributed by atoms with Crippen LogP contribution in [0.15, 0.2) is 47.4 Å². The van der Waals surface area contributed by atoms with E-state index in [1.54, 1.807) is 31.2 Å². The Balaban J connectivity index is 1.89. The number of nitrogens with two attached hydrogens (primary N) is 1. The summed E-state index contributed by atoms with van der Waals surface area (Å²) in [6.07, 6.45) is 1.68. The number of hydrogen-bond donors (Lipinski definition) is 2. The van der Waals surface area contributed by atoms with Gasteiger partial charge in [-0.05, 0) is 55.7 Å². The molecule has 0 aliphatic carbocycles. The summed E-state index contributed by atoms with van der Waals surface area (Å²) >= 11 is 0. The molecule has 2 aromatic rings. The van der Waals surface area contributed by atoms with Crippen LogP contribution in [-0.2, 0) is 10.0 Å². The SMILES string of the molecule is Cc1ccc(S(=O)(=O)N2CCCC2)cc1C(=O)Nc1cccc(C(N)=O)c1. The van der Waals surface area contributed by atoms with Crippen molar-refractivity contribution in [3.8, 4) is 0 Å². The number of amides is 2. The molecule has 0 atom stereocenters. The Hall–Kier alpha value is -2.71. The number of hydrogen-bond acceptors (Lipinski definition) is 4. The van der Waals surface area contributed by atoms with E-state index in [0.717, 1.165) is 12.8 Å². The van der Waals surface area contributed by atoms with Gasteiger partial charge in [0, 0.05) is 29.9 Å². The predicted octanol–water partition coefficient (Wildman–Crippen LogP) is 2.13. The molecular formula is C19H21N3O4S. The van der Waals surface area contributed by atoms with Crippen LogP contribution in [0.25, 0.3) is 0 Å². The standard InChI is InChI=1S/C19H21N3O4S/c1-13-7-8-16(27(25,26)22-9-2-3-10-22)12-17(13)19(24)21-15-6-4-5-14(11-15)18(20)23/h4-8,11-12H,2-3,9-10H2,1H3,(H2,20,23)(H,21,24). The molecule has 7 nitrogen and oxygen atoms in total. The van der Waals surface area contributed by atoms with Crippen molar-refractivity contribution in [2.45, 2.75) is 24.7 Å². The van der Waals surface area contributed by atoms with Crippen LogP contribution in [-0.4, -0.2) is 37.6 Å². The summed E-state index contributed by atoms with van der Waals surface area (Å²) in [4.78, 5) is 24.1. The molecule has 2 aromatic carbocycles. The Morgan fingerprint density at radius 3 is 2.44 bits per heavy atom. The van der Waals surface area contributed by atoms with Crippen molar-refractivity contribution in [1.82, 2.24) is 4.31 Å². The number of carbonyl (C=O) groups is 2. The van der Waals surface area contributed by atoms with Gasteiger partial charge in [0.1, 0.15) is 0 Å². The van der Waals surface area contributed by atoms with Gasteiger partial charge in [-0.2, -0.15) is 4.31 Å². The fourth-order valence-electron chi connectivity index (χ4n) is 3.03. The highest BCUT2D eigenvalue weighted by Gasteiger charge is 2.28. The van der Waals surface area contributed by atoms with E-state index < -0.39 is 21.8 Å². The maximum atomic E-state index is 12.7. The average molecular weight is 387 g/mol. The second kappa shape index (κ2) is 7.50.